The highest BCUT2D eigenvalue weighted by molar-refractivity contribution is 9.10. The van der Waals surface area contributed by atoms with Gasteiger partial charge in [0.25, 0.3) is 0 Å². The minimum atomic E-state index is -1.79. The predicted octanol–water partition coefficient (Wildman–Crippen LogP) is 8.08. The van der Waals surface area contributed by atoms with Crippen LogP contribution in [0.25, 0.3) is 6.08 Å². The van der Waals surface area contributed by atoms with Crippen molar-refractivity contribution in [2.45, 2.75) is 103 Å². The van der Waals surface area contributed by atoms with Crippen LogP contribution >= 0.6 is 15.9 Å². The van der Waals surface area contributed by atoms with E-state index in [1.165, 1.54) is 0 Å². The van der Waals surface area contributed by atoms with Crippen molar-refractivity contribution in [1.82, 2.24) is 0 Å². The van der Waals surface area contributed by atoms with Gasteiger partial charge in [0.1, 0.15) is 17.6 Å². The molecule has 1 heterocycles. The lowest BCUT2D eigenvalue weighted by Crippen LogP contribution is -2.43. The lowest BCUT2D eigenvalue weighted by Gasteiger charge is -2.38. The molecule has 1 aliphatic rings. The largest absolute Gasteiger partial charge is 0.467 e. The van der Waals surface area contributed by atoms with Gasteiger partial charge in [-0.2, -0.15) is 0 Å². The van der Waals surface area contributed by atoms with Crippen LogP contribution in [0, 0.1) is 0 Å². The number of rotatable bonds is 15. The fourth-order valence-electron chi connectivity index (χ4n) is 4.00. The summed E-state index contributed by atoms with van der Waals surface area (Å²) < 4.78 is 41.2. The van der Waals surface area contributed by atoms with Gasteiger partial charge in [-0.15, -0.1) is 0 Å². The Morgan fingerprint density at radius 3 is 2.36 bits per heavy atom. The molecule has 1 aliphatic heterocycles. The van der Waals surface area contributed by atoms with Crippen LogP contribution in [-0.4, -0.2) is 60.2 Å². The van der Waals surface area contributed by atoms with Crippen LogP contribution in [0.4, 0.5) is 0 Å². The second kappa shape index (κ2) is 15.1. The first-order chi connectivity index (χ1) is 18.2. The number of ether oxygens (including phenoxy) is 6. The molecule has 1 aromatic rings. The molecule has 0 bridgehead atoms. The van der Waals surface area contributed by atoms with Crippen molar-refractivity contribution in [2.75, 3.05) is 27.8 Å². The summed E-state index contributed by atoms with van der Waals surface area (Å²) in [5.41, 5.74) is 0.936. The van der Waals surface area contributed by atoms with Gasteiger partial charge in [-0.3, -0.25) is 0 Å². The molecule has 1 saturated heterocycles. The quantitative estimate of drug-likeness (QED) is 0.110. The molecule has 0 saturated carbocycles. The van der Waals surface area contributed by atoms with Crippen LogP contribution in [0.5, 0.6) is 11.5 Å². The third-order valence-electron chi connectivity index (χ3n) is 6.95. The Kier molecular flexibility index (Phi) is 13.2. The van der Waals surface area contributed by atoms with E-state index >= 15 is 0 Å². The van der Waals surface area contributed by atoms with Gasteiger partial charge < -0.3 is 32.8 Å². The van der Waals surface area contributed by atoms with Gasteiger partial charge >= 0.3 is 0 Å². The number of hydrogen-bond donors (Lipinski definition) is 0. The van der Waals surface area contributed by atoms with Gasteiger partial charge in [0.05, 0.1) is 10.6 Å². The SMILES string of the molecule is COCOc1cc(/C=C/CC[C@@H]2OC(C)(C)O[C@@H]2/C=C/C[C@H](C)O[Si](C)(C)C(C)(C)C)c(Br)c(OCOC)c1. The summed E-state index contributed by atoms with van der Waals surface area (Å²) in [5.74, 6) is 0.671. The molecule has 0 unspecified atom stereocenters. The van der Waals surface area contributed by atoms with Gasteiger partial charge in [0, 0.05) is 26.4 Å². The Hall–Kier alpha value is -1.20. The van der Waals surface area contributed by atoms with Crippen LogP contribution in [0.1, 0.15) is 66.4 Å². The normalized spacial score (nSPS) is 20.7. The molecule has 0 aromatic heterocycles. The highest BCUT2D eigenvalue weighted by Crippen LogP contribution is 2.38. The minimum Gasteiger partial charge on any atom is -0.467 e. The monoisotopic (exact) mass is 628 g/mol. The minimum absolute atomic E-state index is 0.0297. The van der Waals surface area contributed by atoms with Crippen LogP contribution in [0.15, 0.2) is 34.8 Å². The molecule has 9 heteroatoms. The summed E-state index contributed by atoms with van der Waals surface area (Å²) in [7, 11) is 1.38. The van der Waals surface area contributed by atoms with Crippen molar-refractivity contribution in [3.05, 3.63) is 40.4 Å². The maximum Gasteiger partial charge on any atom is 0.192 e. The zero-order valence-electron chi connectivity index (χ0n) is 25.5. The van der Waals surface area contributed by atoms with E-state index in [0.29, 0.717) is 11.5 Å². The first-order valence-electron chi connectivity index (χ1n) is 13.6. The summed E-state index contributed by atoms with van der Waals surface area (Å²) >= 11 is 3.65. The lowest BCUT2D eigenvalue weighted by molar-refractivity contribution is -0.143. The van der Waals surface area contributed by atoms with Crippen molar-refractivity contribution in [3.8, 4) is 11.5 Å². The molecule has 2 rings (SSSR count). The van der Waals surface area contributed by atoms with E-state index in [2.05, 4.69) is 81.0 Å². The second-order valence-corrected chi connectivity index (χ2v) is 17.4. The fourth-order valence-corrected chi connectivity index (χ4v) is 5.94. The average Bonchev–Trinajstić information content (AvgIpc) is 3.12. The molecule has 222 valence electrons. The number of methoxy groups -OCH3 is 2. The van der Waals surface area contributed by atoms with E-state index in [-0.39, 0.29) is 36.9 Å². The summed E-state index contributed by atoms with van der Waals surface area (Å²) in [4.78, 5) is 0. The second-order valence-electron chi connectivity index (χ2n) is 11.9. The summed E-state index contributed by atoms with van der Waals surface area (Å²) in [5, 5.41) is 0.197. The molecule has 0 spiro atoms. The lowest BCUT2D eigenvalue weighted by atomic mass is 10.1. The molecule has 0 amide bonds. The third-order valence-corrected chi connectivity index (χ3v) is 12.4. The van der Waals surface area contributed by atoms with E-state index in [1.54, 1.807) is 20.3 Å². The molecule has 0 radical (unpaired) electrons. The molecule has 0 N–H and O–H groups in total. The van der Waals surface area contributed by atoms with Crippen molar-refractivity contribution >= 4 is 30.3 Å². The summed E-state index contributed by atoms with van der Waals surface area (Å²) in [6.45, 7) is 17.8. The molecular formula is C30H49BrO7Si. The van der Waals surface area contributed by atoms with Crippen molar-refractivity contribution in [1.29, 1.82) is 0 Å². The molecular weight excluding hydrogens is 580 g/mol. The zero-order valence-corrected chi connectivity index (χ0v) is 28.1. The fraction of sp³-hybridized carbons (Fsp3) is 0.667. The molecule has 1 fully saturated rings. The average molecular weight is 630 g/mol. The molecule has 1 aromatic carbocycles. The van der Waals surface area contributed by atoms with Gasteiger partial charge in [-0.05, 0) is 85.7 Å². The van der Waals surface area contributed by atoms with E-state index in [4.69, 9.17) is 32.8 Å². The Morgan fingerprint density at radius 1 is 1.05 bits per heavy atom. The van der Waals surface area contributed by atoms with Crippen molar-refractivity contribution in [2.24, 2.45) is 0 Å². The summed E-state index contributed by atoms with van der Waals surface area (Å²) in [6.07, 6.45) is 11.0. The van der Waals surface area contributed by atoms with E-state index < -0.39 is 14.1 Å². The van der Waals surface area contributed by atoms with Gasteiger partial charge in [0.2, 0.25) is 0 Å². The highest BCUT2D eigenvalue weighted by Gasteiger charge is 2.40. The van der Waals surface area contributed by atoms with Gasteiger partial charge in [0.15, 0.2) is 27.7 Å². The maximum absolute atomic E-state index is 6.50. The highest BCUT2D eigenvalue weighted by atomic mass is 79.9. The third kappa shape index (κ3) is 10.9. The van der Waals surface area contributed by atoms with Crippen LogP contribution in [0.2, 0.25) is 18.1 Å². The van der Waals surface area contributed by atoms with E-state index in [9.17, 15) is 0 Å². The number of benzene rings is 1. The topological polar surface area (TPSA) is 64.6 Å². The Bertz CT molecular complexity index is 955. The van der Waals surface area contributed by atoms with E-state index in [0.717, 1.165) is 29.3 Å². The Morgan fingerprint density at radius 2 is 1.72 bits per heavy atom. The van der Waals surface area contributed by atoms with Gasteiger partial charge in [-0.1, -0.05) is 45.1 Å². The standard InChI is InChI=1S/C30H49BrO7Si/c1-22(38-39(9,10)29(2,3)4)14-13-17-26-25(36-30(5,6)37-26)16-12-11-15-23-18-24(34-20-32-7)19-27(28(23)31)35-21-33-8/h11,13,15,17-19,22,25-26H,12,14,16,20-21H2,1-10H3/b15-11+,17-13+/t22-,25-,26+/m0/s1. The maximum atomic E-state index is 6.50. The van der Waals surface area contributed by atoms with Crippen LogP contribution < -0.4 is 9.47 Å². The number of halogens is 1. The van der Waals surface area contributed by atoms with Crippen LogP contribution in [-0.2, 0) is 23.4 Å². The number of hydrogen-bond acceptors (Lipinski definition) is 7. The smallest absolute Gasteiger partial charge is 0.192 e. The molecule has 0 aliphatic carbocycles. The predicted molar refractivity (Wildman–Crippen MR) is 163 cm³/mol. The van der Waals surface area contributed by atoms with E-state index in [1.807, 2.05) is 19.9 Å². The van der Waals surface area contributed by atoms with Crippen LogP contribution in [0.3, 0.4) is 0 Å². The van der Waals surface area contributed by atoms with Crippen molar-refractivity contribution in [3.63, 3.8) is 0 Å². The molecule has 3 atom stereocenters. The molecule has 7 nitrogen and oxygen atoms in total. The molecule has 39 heavy (non-hydrogen) atoms. The zero-order chi connectivity index (χ0) is 29.3. The summed E-state index contributed by atoms with van der Waals surface area (Å²) in [6, 6.07) is 3.75. The van der Waals surface area contributed by atoms with Crippen molar-refractivity contribution < 1.29 is 32.8 Å². The Balaban J connectivity index is 2.01. The first-order valence-corrected chi connectivity index (χ1v) is 17.3. The number of allylic oxidation sites excluding steroid dienone is 1. The Labute approximate surface area is 245 Å². The van der Waals surface area contributed by atoms with Gasteiger partial charge in [-0.25, -0.2) is 0 Å². The first kappa shape index (κ1) is 34.0.